The molecule has 100 valence electrons. The van der Waals surface area contributed by atoms with Gasteiger partial charge in [-0.25, -0.2) is 8.78 Å². The van der Waals surface area contributed by atoms with Crippen molar-refractivity contribution in [2.45, 2.75) is 25.8 Å². The molecule has 1 aromatic carbocycles. The molecule has 0 aromatic heterocycles. The first-order chi connectivity index (χ1) is 8.74. The molecule has 1 N–H and O–H groups in total. The highest BCUT2D eigenvalue weighted by Crippen LogP contribution is 2.30. The van der Waals surface area contributed by atoms with Gasteiger partial charge in [-0.1, -0.05) is 19.4 Å². The maximum atomic E-state index is 13.9. The summed E-state index contributed by atoms with van der Waals surface area (Å²) < 4.78 is 27.8. The molecule has 1 atom stereocenters. The molecule has 0 saturated carbocycles. The van der Waals surface area contributed by atoms with Crippen molar-refractivity contribution in [1.82, 2.24) is 10.2 Å². The second kappa shape index (κ2) is 6.25. The fourth-order valence-corrected chi connectivity index (χ4v) is 2.61. The van der Waals surface area contributed by atoms with E-state index < -0.39 is 11.6 Å². The second-order valence-electron chi connectivity index (χ2n) is 4.73. The van der Waals surface area contributed by atoms with Gasteiger partial charge in [-0.05, 0) is 18.6 Å². The van der Waals surface area contributed by atoms with Crippen LogP contribution in [0.25, 0.3) is 0 Å². The highest BCUT2D eigenvalue weighted by atomic mass is 19.1. The van der Waals surface area contributed by atoms with Gasteiger partial charge in [0.15, 0.2) is 0 Å². The Hall–Kier alpha value is -1.00. The van der Waals surface area contributed by atoms with Gasteiger partial charge in [0, 0.05) is 37.8 Å². The van der Waals surface area contributed by atoms with Crippen molar-refractivity contribution in [1.29, 1.82) is 0 Å². The molecular weight excluding hydrogens is 234 g/mol. The van der Waals surface area contributed by atoms with E-state index in [4.69, 9.17) is 0 Å². The molecule has 1 saturated heterocycles. The first-order valence-electron chi connectivity index (χ1n) is 6.62. The summed E-state index contributed by atoms with van der Waals surface area (Å²) in [6.45, 7) is 5.51. The molecule has 18 heavy (non-hydrogen) atoms. The van der Waals surface area contributed by atoms with Crippen molar-refractivity contribution in [2.75, 3.05) is 26.2 Å². The number of benzene rings is 1. The van der Waals surface area contributed by atoms with Crippen molar-refractivity contribution >= 4 is 0 Å². The predicted octanol–water partition coefficient (Wildman–Crippen LogP) is 2.71. The zero-order valence-electron chi connectivity index (χ0n) is 10.8. The topological polar surface area (TPSA) is 15.3 Å². The lowest BCUT2D eigenvalue weighted by Crippen LogP contribution is -2.45. The largest absolute Gasteiger partial charge is 0.314 e. The van der Waals surface area contributed by atoms with Crippen molar-refractivity contribution in [2.24, 2.45) is 0 Å². The molecule has 4 heteroatoms. The van der Waals surface area contributed by atoms with E-state index in [0.717, 1.165) is 39.0 Å². The summed E-state index contributed by atoms with van der Waals surface area (Å²) in [5, 5.41) is 3.26. The second-order valence-corrected chi connectivity index (χ2v) is 4.73. The summed E-state index contributed by atoms with van der Waals surface area (Å²) in [6.07, 6.45) is 1.71. The molecule has 0 unspecified atom stereocenters. The number of nitrogens with zero attached hydrogens (tertiary/aromatic N) is 1. The first kappa shape index (κ1) is 13.4. The van der Waals surface area contributed by atoms with Crippen LogP contribution in [-0.2, 0) is 0 Å². The molecule has 1 aliphatic rings. The fraction of sp³-hybridized carbons (Fsp3) is 0.571. The molecule has 1 aromatic rings. The Balaban J connectivity index is 2.28. The highest BCUT2D eigenvalue weighted by molar-refractivity contribution is 5.23. The Labute approximate surface area is 107 Å². The van der Waals surface area contributed by atoms with Crippen LogP contribution in [-0.4, -0.2) is 31.1 Å². The molecule has 2 rings (SSSR count). The van der Waals surface area contributed by atoms with Gasteiger partial charge in [-0.3, -0.25) is 4.90 Å². The Kier molecular flexibility index (Phi) is 4.66. The van der Waals surface area contributed by atoms with Crippen LogP contribution in [0.4, 0.5) is 8.78 Å². The quantitative estimate of drug-likeness (QED) is 0.888. The van der Waals surface area contributed by atoms with Crippen LogP contribution in [0.1, 0.15) is 31.4 Å². The highest BCUT2D eigenvalue weighted by Gasteiger charge is 2.26. The fourth-order valence-electron chi connectivity index (χ4n) is 2.61. The van der Waals surface area contributed by atoms with Crippen LogP contribution in [0.2, 0.25) is 0 Å². The molecule has 0 bridgehead atoms. The number of nitrogens with one attached hydrogen (secondary N) is 1. The van der Waals surface area contributed by atoms with Crippen LogP contribution < -0.4 is 5.32 Å². The van der Waals surface area contributed by atoms with Gasteiger partial charge in [0.2, 0.25) is 0 Å². The van der Waals surface area contributed by atoms with E-state index in [1.54, 1.807) is 0 Å². The molecule has 1 fully saturated rings. The lowest BCUT2D eigenvalue weighted by atomic mass is 9.98. The summed E-state index contributed by atoms with van der Waals surface area (Å²) in [7, 11) is 0. The van der Waals surface area contributed by atoms with Gasteiger partial charge < -0.3 is 5.32 Å². The number of rotatable bonds is 4. The van der Waals surface area contributed by atoms with Gasteiger partial charge in [-0.15, -0.1) is 0 Å². The Morgan fingerprint density at radius 2 is 1.83 bits per heavy atom. The Morgan fingerprint density at radius 1 is 1.22 bits per heavy atom. The van der Waals surface area contributed by atoms with E-state index in [2.05, 4.69) is 10.2 Å². The molecule has 0 radical (unpaired) electrons. The number of hydrogen-bond donors (Lipinski definition) is 1. The number of halogens is 2. The van der Waals surface area contributed by atoms with Gasteiger partial charge in [0.1, 0.15) is 11.6 Å². The van der Waals surface area contributed by atoms with Crippen molar-refractivity contribution < 1.29 is 8.78 Å². The van der Waals surface area contributed by atoms with E-state index in [-0.39, 0.29) is 11.6 Å². The molecule has 2 nitrogen and oxygen atoms in total. The van der Waals surface area contributed by atoms with Crippen LogP contribution in [0.3, 0.4) is 0 Å². The zero-order chi connectivity index (χ0) is 13.0. The molecule has 1 aliphatic heterocycles. The minimum atomic E-state index is -0.424. The molecule has 0 amide bonds. The van der Waals surface area contributed by atoms with E-state index in [1.165, 1.54) is 18.2 Å². The van der Waals surface area contributed by atoms with Crippen LogP contribution >= 0.6 is 0 Å². The number of piperazine rings is 1. The number of hydrogen-bond acceptors (Lipinski definition) is 2. The van der Waals surface area contributed by atoms with Crippen molar-refractivity contribution in [3.8, 4) is 0 Å². The maximum Gasteiger partial charge on any atom is 0.130 e. The van der Waals surface area contributed by atoms with Crippen LogP contribution in [0.5, 0.6) is 0 Å². The van der Waals surface area contributed by atoms with Crippen LogP contribution in [0.15, 0.2) is 18.2 Å². The average Bonchev–Trinajstić information content (AvgIpc) is 2.38. The minimum Gasteiger partial charge on any atom is -0.314 e. The summed E-state index contributed by atoms with van der Waals surface area (Å²) in [5.41, 5.74) is 0.237. The van der Waals surface area contributed by atoms with Crippen LogP contribution in [0, 0.1) is 11.6 Å². The average molecular weight is 254 g/mol. The standard InChI is InChI=1S/C14H20F2N2/c1-2-4-13(18-9-7-17-8-10-18)14-11(15)5-3-6-12(14)16/h3,5-6,13,17H,2,4,7-10H2,1H3/t13-/m1/s1. The maximum absolute atomic E-state index is 13.9. The smallest absolute Gasteiger partial charge is 0.130 e. The lowest BCUT2D eigenvalue weighted by molar-refractivity contribution is 0.158. The molecular formula is C14H20F2N2. The van der Waals surface area contributed by atoms with Gasteiger partial charge in [0.25, 0.3) is 0 Å². The van der Waals surface area contributed by atoms with E-state index >= 15 is 0 Å². The summed E-state index contributed by atoms with van der Waals surface area (Å²) in [6, 6.07) is 3.99. The normalized spacial score (nSPS) is 18.8. The van der Waals surface area contributed by atoms with Crippen molar-refractivity contribution in [3.63, 3.8) is 0 Å². The predicted molar refractivity (Wildman–Crippen MR) is 68.4 cm³/mol. The third-order valence-corrected chi connectivity index (χ3v) is 3.49. The van der Waals surface area contributed by atoms with E-state index in [1.807, 2.05) is 6.92 Å². The first-order valence-corrected chi connectivity index (χ1v) is 6.62. The SMILES string of the molecule is CCC[C@H](c1c(F)cccc1F)N1CCNCC1. The molecule has 1 heterocycles. The van der Waals surface area contributed by atoms with E-state index in [9.17, 15) is 8.78 Å². The Bertz CT molecular complexity index is 369. The molecule has 0 aliphatic carbocycles. The van der Waals surface area contributed by atoms with Crippen molar-refractivity contribution in [3.05, 3.63) is 35.4 Å². The minimum absolute atomic E-state index is 0.140. The van der Waals surface area contributed by atoms with Gasteiger partial charge in [0.05, 0.1) is 0 Å². The third-order valence-electron chi connectivity index (χ3n) is 3.49. The van der Waals surface area contributed by atoms with Gasteiger partial charge in [-0.2, -0.15) is 0 Å². The summed E-state index contributed by atoms with van der Waals surface area (Å²) >= 11 is 0. The lowest BCUT2D eigenvalue weighted by Gasteiger charge is -2.35. The molecule has 0 spiro atoms. The third kappa shape index (κ3) is 2.87. The van der Waals surface area contributed by atoms with E-state index in [0.29, 0.717) is 0 Å². The summed E-state index contributed by atoms with van der Waals surface area (Å²) in [4.78, 5) is 2.18. The zero-order valence-corrected chi connectivity index (χ0v) is 10.8. The van der Waals surface area contributed by atoms with Gasteiger partial charge >= 0.3 is 0 Å². The Morgan fingerprint density at radius 3 is 2.39 bits per heavy atom. The summed E-state index contributed by atoms with van der Waals surface area (Å²) in [5.74, 6) is -0.848. The monoisotopic (exact) mass is 254 g/mol.